The summed E-state index contributed by atoms with van der Waals surface area (Å²) in [6.45, 7) is 0.981. The van der Waals surface area contributed by atoms with Crippen molar-refractivity contribution in [1.82, 2.24) is 10.2 Å². The molecule has 1 fully saturated rings. The normalized spacial score (nSPS) is 17.8. The largest absolute Gasteiger partial charge is 0.444 e. The quantitative estimate of drug-likeness (QED) is 0.896. The van der Waals surface area contributed by atoms with E-state index in [0.717, 1.165) is 0 Å². The maximum Gasteiger partial charge on any atom is 0.409 e. The van der Waals surface area contributed by atoms with Gasteiger partial charge in [0, 0.05) is 30.7 Å². The zero-order valence-electron chi connectivity index (χ0n) is 11.1. The third-order valence-corrected chi connectivity index (χ3v) is 3.13. The van der Waals surface area contributed by atoms with Crippen LogP contribution >= 0.6 is 11.6 Å². The molecule has 6 nitrogen and oxygen atoms in total. The van der Waals surface area contributed by atoms with Gasteiger partial charge in [-0.05, 0) is 18.2 Å². The van der Waals surface area contributed by atoms with Gasteiger partial charge >= 0.3 is 12.1 Å². The Bertz CT molecular complexity index is 509. The molecule has 1 aromatic carbocycles. The van der Waals surface area contributed by atoms with Gasteiger partial charge in [-0.2, -0.15) is 0 Å². The van der Waals surface area contributed by atoms with E-state index in [1.54, 1.807) is 31.3 Å². The first kappa shape index (κ1) is 14.5. The van der Waals surface area contributed by atoms with E-state index in [9.17, 15) is 9.59 Å². The number of likely N-dealkylation sites (N-methyl/N-ethyl adjacent to an activating group) is 1. The maximum absolute atomic E-state index is 11.6. The number of carbonyl (C=O) groups is 2. The van der Waals surface area contributed by atoms with Crippen LogP contribution in [0.4, 0.5) is 15.3 Å². The van der Waals surface area contributed by atoms with Gasteiger partial charge in [0.25, 0.3) is 0 Å². The van der Waals surface area contributed by atoms with Crippen LogP contribution in [-0.2, 0) is 4.74 Å². The van der Waals surface area contributed by atoms with Crippen molar-refractivity contribution >= 4 is 29.4 Å². The highest BCUT2D eigenvalue weighted by Crippen LogP contribution is 2.14. The summed E-state index contributed by atoms with van der Waals surface area (Å²) in [5, 5.41) is 5.94. The van der Waals surface area contributed by atoms with Crippen LogP contribution in [0.25, 0.3) is 0 Å². The van der Waals surface area contributed by atoms with E-state index >= 15 is 0 Å². The minimum Gasteiger partial charge on any atom is -0.444 e. The van der Waals surface area contributed by atoms with Gasteiger partial charge < -0.3 is 20.3 Å². The van der Waals surface area contributed by atoms with Crippen molar-refractivity contribution in [3.63, 3.8) is 0 Å². The van der Waals surface area contributed by atoms with Gasteiger partial charge in [0.1, 0.15) is 6.10 Å². The third-order valence-electron chi connectivity index (χ3n) is 2.89. The van der Waals surface area contributed by atoms with Gasteiger partial charge in [-0.3, -0.25) is 0 Å². The van der Waals surface area contributed by atoms with Crippen LogP contribution in [0.15, 0.2) is 24.3 Å². The topological polar surface area (TPSA) is 70.7 Å². The van der Waals surface area contributed by atoms with E-state index in [1.165, 1.54) is 4.90 Å². The lowest BCUT2D eigenvalue weighted by Crippen LogP contribution is -2.32. The summed E-state index contributed by atoms with van der Waals surface area (Å²) in [6.07, 6.45) is 0.0938. The number of carbonyl (C=O) groups excluding carboxylic acids is 2. The lowest BCUT2D eigenvalue weighted by Gasteiger charge is -2.10. The maximum atomic E-state index is 11.6. The first-order valence-corrected chi connectivity index (χ1v) is 6.64. The summed E-state index contributed by atoms with van der Waals surface area (Å²) in [4.78, 5) is 24.3. The summed E-state index contributed by atoms with van der Waals surface area (Å²) in [5.74, 6) is 0. The van der Waals surface area contributed by atoms with E-state index in [0.29, 0.717) is 30.2 Å². The van der Waals surface area contributed by atoms with Crippen molar-refractivity contribution in [3.8, 4) is 0 Å². The molecule has 2 rings (SSSR count). The van der Waals surface area contributed by atoms with Crippen molar-refractivity contribution in [2.24, 2.45) is 0 Å². The number of halogens is 1. The fourth-order valence-corrected chi connectivity index (χ4v) is 2.08. The van der Waals surface area contributed by atoms with Gasteiger partial charge in [0.05, 0.1) is 6.54 Å². The standard InChI is InChI=1S/C13H16ClN3O3/c1-17-8-11(20-13(17)19)5-6-15-12(18)16-10-4-2-3-9(14)7-10/h2-4,7,11H,5-6,8H2,1H3,(H2,15,16,18). The number of hydrogen-bond donors (Lipinski definition) is 2. The minimum absolute atomic E-state index is 0.168. The molecule has 1 heterocycles. The molecule has 0 radical (unpaired) electrons. The lowest BCUT2D eigenvalue weighted by molar-refractivity contribution is 0.131. The number of rotatable bonds is 4. The molecular weight excluding hydrogens is 282 g/mol. The second kappa shape index (κ2) is 6.47. The SMILES string of the molecule is CN1CC(CCNC(=O)Nc2cccc(Cl)c2)OC1=O. The summed E-state index contributed by atoms with van der Waals surface area (Å²) >= 11 is 5.82. The Labute approximate surface area is 122 Å². The number of nitrogens with one attached hydrogen (secondary N) is 2. The zero-order chi connectivity index (χ0) is 14.5. The number of anilines is 1. The number of nitrogens with zero attached hydrogens (tertiary/aromatic N) is 1. The average Bonchev–Trinajstić information content (AvgIpc) is 2.68. The van der Waals surface area contributed by atoms with Crippen LogP contribution < -0.4 is 10.6 Å². The molecule has 1 saturated heterocycles. The zero-order valence-corrected chi connectivity index (χ0v) is 11.8. The van der Waals surface area contributed by atoms with E-state index in [2.05, 4.69) is 10.6 Å². The Kier molecular flexibility index (Phi) is 4.68. The van der Waals surface area contributed by atoms with Crippen LogP contribution in [0.3, 0.4) is 0 Å². The first-order valence-electron chi connectivity index (χ1n) is 6.27. The molecule has 0 saturated carbocycles. The molecule has 7 heteroatoms. The van der Waals surface area contributed by atoms with Crippen LogP contribution in [0.1, 0.15) is 6.42 Å². The number of urea groups is 1. The molecule has 1 unspecified atom stereocenters. The smallest absolute Gasteiger partial charge is 0.409 e. The summed E-state index contributed by atoms with van der Waals surface area (Å²) in [6, 6.07) is 6.58. The fourth-order valence-electron chi connectivity index (χ4n) is 1.89. The van der Waals surface area contributed by atoms with Crippen molar-refractivity contribution < 1.29 is 14.3 Å². The van der Waals surface area contributed by atoms with Gasteiger partial charge in [0.15, 0.2) is 0 Å². The number of benzene rings is 1. The summed E-state index contributed by atoms with van der Waals surface area (Å²) < 4.78 is 5.09. The predicted octanol–water partition coefficient (Wildman–Crippen LogP) is 2.30. The van der Waals surface area contributed by atoms with E-state index < -0.39 is 0 Å². The molecule has 1 aromatic rings. The van der Waals surface area contributed by atoms with Crippen molar-refractivity contribution in [2.75, 3.05) is 25.5 Å². The molecule has 3 amide bonds. The van der Waals surface area contributed by atoms with E-state index in [-0.39, 0.29) is 18.2 Å². The molecule has 0 aromatic heterocycles. The molecule has 1 atom stereocenters. The van der Waals surface area contributed by atoms with Crippen molar-refractivity contribution in [1.29, 1.82) is 0 Å². The molecule has 0 aliphatic carbocycles. The molecule has 1 aliphatic heterocycles. The summed E-state index contributed by atoms with van der Waals surface area (Å²) in [7, 11) is 1.68. The van der Waals surface area contributed by atoms with Crippen molar-refractivity contribution in [3.05, 3.63) is 29.3 Å². The average molecular weight is 298 g/mol. The minimum atomic E-state index is -0.321. The van der Waals surface area contributed by atoms with Crippen LogP contribution in [0.5, 0.6) is 0 Å². The number of hydrogen-bond acceptors (Lipinski definition) is 3. The molecule has 2 N–H and O–H groups in total. The number of amides is 3. The van der Waals surface area contributed by atoms with E-state index in [4.69, 9.17) is 16.3 Å². The lowest BCUT2D eigenvalue weighted by atomic mass is 10.2. The van der Waals surface area contributed by atoms with Crippen LogP contribution in [0.2, 0.25) is 5.02 Å². The Hall–Kier alpha value is -1.95. The van der Waals surface area contributed by atoms with E-state index in [1.807, 2.05) is 0 Å². The van der Waals surface area contributed by atoms with Gasteiger partial charge in [-0.1, -0.05) is 17.7 Å². The first-order chi connectivity index (χ1) is 9.54. The molecule has 0 bridgehead atoms. The predicted molar refractivity (Wildman–Crippen MR) is 76.0 cm³/mol. The van der Waals surface area contributed by atoms with Crippen molar-refractivity contribution in [2.45, 2.75) is 12.5 Å². The second-order valence-corrected chi connectivity index (χ2v) is 5.00. The summed E-state index contributed by atoms with van der Waals surface area (Å²) in [5.41, 5.74) is 0.627. The Morgan fingerprint density at radius 3 is 3.00 bits per heavy atom. The third kappa shape index (κ3) is 4.03. The highest BCUT2D eigenvalue weighted by atomic mass is 35.5. The van der Waals surface area contributed by atoms with Crippen LogP contribution in [-0.4, -0.2) is 43.3 Å². The highest BCUT2D eigenvalue weighted by molar-refractivity contribution is 6.30. The Morgan fingerprint density at radius 2 is 2.35 bits per heavy atom. The fraction of sp³-hybridized carbons (Fsp3) is 0.385. The second-order valence-electron chi connectivity index (χ2n) is 4.57. The monoisotopic (exact) mass is 297 g/mol. The molecular formula is C13H16ClN3O3. The number of cyclic esters (lactones) is 1. The number of ether oxygens (including phenoxy) is 1. The molecule has 1 aliphatic rings. The van der Waals surface area contributed by atoms with Crippen LogP contribution in [0, 0.1) is 0 Å². The molecule has 108 valence electrons. The van der Waals surface area contributed by atoms with Gasteiger partial charge in [-0.15, -0.1) is 0 Å². The Balaban J connectivity index is 1.69. The Morgan fingerprint density at radius 1 is 1.55 bits per heavy atom. The highest BCUT2D eigenvalue weighted by Gasteiger charge is 2.27. The van der Waals surface area contributed by atoms with Gasteiger partial charge in [0.2, 0.25) is 0 Å². The molecule has 0 spiro atoms. The van der Waals surface area contributed by atoms with Gasteiger partial charge in [-0.25, -0.2) is 9.59 Å². The molecule has 20 heavy (non-hydrogen) atoms.